The van der Waals surface area contributed by atoms with Crippen molar-refractivity contribution in [2.45, 2.75) is 6.92 Å². The molecule has 2 N–H and O–H groups in total. The molecule has 0 saturated carbocycles. The fourth-order valence-electron chi connectivity index (χ4n) is 2.07. The van der Waals surface area contributed by atoms with Crippen molar-refractivity contribution >= 4 is 46.4 Å². The molecule has 8 heteroatoms. The maximum absolute atomic E-state index is 12.5. The molecule has 2 rings (SSSR count). The van der Waals surface area contributed by atoms with Crippen LogP contribution in [0.1, 0.15) is 22.8 Å². The van der Waals surface area contributed by atoms with Crippen molar-refractivity contribution in [3.05, 3.63) is 51.5 Å². The number of rotatable bonds is 4. The van der Waals surface area contributed by atoms with Crippen LogP contribution in [-0.4, -0.2) is 18.9 Å². The van der Waals surface area contributed by atoms with Gasteiger partial charge in [-0.25, -0.2) is 0 Å². The van der Waals surface area contributed by atoms with Gasteiger partial charge in [0.2, 0.25) is 5.91 Å². The van der Waals surface area contributed by atoms with E-state index in [0.29, 0.717) is 16.9 Å². The van der Waals surface area contributed by atoms with Crippen molar-refractivity contribution in [2.75, 3.05) is 17.7 Å². The standard InChI is InChI=1S/C17H13Cl2N3O3/c1-9(23)21-15-7-16(25-2)12(6-14(15)19)17(24)22-11-4-3-10(8-20)13(18)5-11/h3-7H,1-2H3,(H,21,23)(H,22,24). The molecule has 0 aliphatic heterocycles. The van der Waals surface area contributed by atoms with Gasteiger partial charge < -0.3 is 15.4 Å². The number of nitriles is 1. The van der Waals surface area contributed by atoms with Crippen molar-refractivity contribution in [3.63, 3.8) is 0 Å². The average molecular weight is 378 g/mol. The molecule has 0 heterocycles. The molecule has 0 aliphatic carbocycles. The highest BCUT2D eigenvalue weighted by Gasteiger charge is 2.17. The molecule has 0 aromatic heterocycles. The van der Waals surface area contributed by atoms with Gasteiger partial charge in [0.15, 0.2) is 0 Å². The summed E-state index contributed by atoms with van der Waals surface area (Å²) in [6.07, 6.45) is 0. The smallest absolute Gasteiger partial charge is 0.259 e. The minimum atomic E-state index is -0.478. The number of methoxy groups -OCH3 is 1. The quantitative estimate of drug-likeness (QED) is 0.839. The Morgan fingerprint density at radius 1 is 1.12 bits per heavy atom. The predicted octanol–water partition coefficient (Wildman–Crippen LogP) is 4.08. The number of carbonyl (C=O) groups excluding carboxylic acids is 2. The lowest BCUT2D eigenvalue weighted by Crippen LogP contribution is -2.14. The zero-order valence-corrected chi connectivity index (χ0v) is 14.8. The largest absolute Gasteiger partial charge is 0.496 e. The van der Waals surface area contributed by atoms with Crippen molar-refractivity contribution in [2.24, 2.45) is 0 Å². The Balaban J connectivity index is 2.32. The van der Waals surface area contributed by atoms with Gasteiger partial charge in [0.25, 0.3) is 5.91 Å². The Bertz CT molecular complexity index is 891. The Morgan fingerprint density at radius 2 is 1.84 bits per heavy atom. The number of halogens is 2. The summed E-state index contributed by atoms with van der Waals surface area (Å²) in [4.78, 5) is 23.7. The molecular formula is C17H13Cl2N3O3. The molecule has 0 fully saturated rings. The van der Waals surface area contributed by atoms with Crippen LogP contribution < -0.4 is 15.4 Å². The summed E-state index contributed by atoms with van der Waals surface area (Å²) in [5.74, 6) is -0.535. The van der Waals surface area contributed by atoms with Crippen molar-refractivity contribution < 1.29 is 14.3 Å². The Hall–Kier alpha value is -2.75. The maximum Gasteiger partial charge on any atom is 0.259 e. The van der Waals surface area contributed by atoms with E-state index < -0.39 is 5.91 Å². The van der Waals surface area contributed by atoms with Crippen molar-refractivity contribution in [1.82, 2.24) is 0 Å². The molecule has 0 bridgehead atoms. The van der Waals surface area contributed by atoms with Crippen molar-refractivity contribution in [1.29, 1.82) is 5.26 Å². The third-order valence-electron chi connectivity index (χ3n) is 3.19. The van der Waals surface area contributed by atoms with E-state index in [-0.39, 0.29) is 27.3 Å². The summed E-state index contributed by atoms with van der Waals surface area (Å²) < 4.78 is 5.20. The van der Waals surface area contributed by atoms with Crippen LogP contribution in [0.4, 0.5) is 11.4 Å². The number of benzene rings is 2. The minimum Gasteiger partial charge on any atom is -0.496 e. The summed E-state index contributed by atoms with van der Waals surface area (Å²) in [6, 6.07) is 9.33. The van der Waals surface area contributed by atoms with E-state index in [0.717, 1.165) is 0 Å². The molecule has 0 unspecified atom stereocenters. The highest BCUT2D eigenvalue weighted by molar-refractivity contribution is 6.34. The Morgan fingerprint density at radius 3 is 2.40 bits per heavy atom. The first-order valence-corrected chi connectivity index (χ1v) is 7.77. The summed E-state index contributed by atoms with van der Waals surface area (Å²) in [7, 11) is 1.40. The van der Waals surface area contributed by atoms with Gasteiger partial charge in [-0.3, -0.25) is 9.59 Å². The lowest BCUT2D eigenvalue weighted by Gasteiger charge is -2.13. The molecular weight excluding hydrogens is 365 g/mol. The number of carbonyl (C=O) groups is 2. The number of anilines is 2. The van der Waals surface area contributed by atoms with E-state index in [1.807, 2.05) is 6.07 Å². The lowest BCUT2D eigenvalue weighted by molar-refractivity contribution is -0.114. The van der Waals surface area contributed by atoms with Crippen LogP contribution in [0.3, 0.4) is 0 Å². The first kappa shape index (κ1) is 18.6. The summed E-state index contributed by atoms with van der Waals surface area (Å²) in [6.45, 7) is 1.35. The number of ether oxygens (including phenoxy) is 1. The third kappa shape index (κ3) is 4.41. The minimum absolute atomic E-state index is 0.182. The molecule has 6 nitrogen and oxygen atoms in total. The van der Waals surface area contributed by atoms with Gasteiger partial charge in [0.05, 0.1) is 34.0 Å². The lowest BCUT2D eigenvalue weighted by atomic mass is 10.1. The van der Waals surface area contributed by atoms with E-state index in [4.69, 9.17) is 33.2 Å². The Kier molecular flexibility index (Phi) is 5.86. The summed E-state index contributed by atoms with van der Waals surface area (Å²) in [5, 5.41) is 14.5. The van der Waals surface area contributed by atoms with E-state index in [1.54, 1.807) is 6.07 Å². The fourth-order valence-corrected chi connectivity index (χ4v) is 2.50. The van der Waals surface area contributed by atoms with E-state index in [2.05, 4.69) is 10.6 Å². The molecule has 25 heavy (non-hydrogen) atoms. The van der Waals surface area contributed by atoms with Crippen LogP contribution in [0, 0.1) is 11.3 Å². The molecule has 2 aromatic rings. The summed E-state index contributed by atoms with van der Waals surface area (Å²) in [5.41, 5.74) is 1.24. The second-order valence-electron chi connectivity index (χ2n) is 4.97. The van der Waals surface area contributed by atoms with Gasteiger partial charge in [-0.1, -0.05) is 23.2 Å². The molecule has 0 radical (unpaired) electrons. The number of nitrogens with one attached hydrogen (secondary N) is 2. The maximum atomic E-state index is 12.5. The normalized spacial score (nSPS) is 9.88. The zero-order chi connectivity index (χ0) is 18.6. The summed E-state index contributed by atoms with van der Waals surface area (Å²) >= 11 is 12.1. The molecule has 0 aliphatic rings. The predicted molar refractivity (Wildman–Crippen MR) is 96.4 cm³/mol. The van der Waals surface area contributed by atoms with Gasteiger partial charge in [0, 0.05) is 18.7 Å². The molecule has 0 saturated heterocycles. The fraction of sp³-hybridized carbons (Fsp3) is 0.118. The van der Waals surface area contributed by atoms with Gasteiger partial charge in [-0.05, 0) is 24.3 Å². The number of amides is 2. The molecule has 0 spiro atoms. The average Bonchev–Trinajstić information content (AvgIpc) is 2.56. The molecule has 2 aromatic carbocycles. The zero-order valence-electron chi connectivity index (χ0n) is 13.3. The topological polar surface area (TPSA) is 91.2 Å². The highest BCUT2D eigenvalue weighted by Crippen LogP contribution is 2.32. The number of hydrogen-bond acceptors (Lipinski definition) is 4. The van der Waals surface area contributed by atoms with Crippen LogP contribution >= 0.6 is 23.2 Å². The van der Waals surface area contributed by atoms with E-state index in [1.165, 1.54) is 38.3 Å². The van der Waals surface area contributed by atoms with Gasteiger partial charge in [-0.2, -0.15) is 5.26 Å². The van der Waals surface area contributed by atoms with Gasteiger partial charge in [-0.15, -0.1) is 0 Å². The molecule has 2 amide bonds. The van der Waals surface area contributed by atoms with Crippen LogP contribution in [-0.2, 0) is 4.79 Å². The molecule has 0 atom stereocenters. The SMILES string of the molecule is COc1cc(NC(C)=O)c(Cl)cc1C(=O)Nc1ccc(C#N)c(Cl)c1. The van der Waals surface area contributed by atoms with Crippen molar-refractivity contribution in [3.8, 4) is 11.8 Å². The van der Waals surface area contributed by atoms with Crippen LogP contribution in [0.25, 0.3) is 0 Å². The first-order chi connectivity index (χ1) is 11.8. The van der Waals surface area contributed by atoms with Crippen LogP contribution in [0.15, 0.2) is 30.3 Å². The number of hydrogen-bond donors (Lipinski definition) is 2. The van der Waals surface area contributed by atoms with E-state index >= 15 is 0 Å². The van der Waals surface area contributed by atoms with Gasteiger partial charge in [0.1, 0.15) is 11.8 Å². The number of nitrogens with zero attached hydrogens (tertiary/aromatic N) is 1. The second kappa shape index (κ2) is 7.88. The monoisotopic (exact) mass is 377 g/mol. The highest BCUT2D eigenvalue weighted by atomic mass is 35.5. The Labute approximate surface area is 154 Å². The third-order valence-corrected chi connectivity index (χ3v) is 3.82. The van der Waals surface area contributed by atoms with Crippen LogP contribution in [0.2, 0.25) is 10.0 Å². The van der Waals surface area contributed by atoms with E-state index in [9.17, 15) is 9.59 Å². The first-order valence-electron chi connectivity index (χ1n) is 7.01. The molecule has 128 valence electrons. The van der Waals surface area contributed by atoms with Crippen LogP contribution in [0.5, 0.6) is 5.75 Å². The second-order valence-corrected chi connectivity index (χ2v) is 5.79. The van der Waals surface area contributed by atoms with Gasteiger partial charge >= 0.3 is 0 Å².